The van der Waals surface area contributed by atoms with E-state index < -0.39 is 0 Å². The van der Waals surface area contributed by atoms with Gasteiger partial charge in [0.2, 0.25) is 0 Å². The van der Waals surface area contributed by atoms with E-state index >= 15 is 0 Å². The Labute approximate surface area is 100 Å². The molecule has 2 rings (SSSR count). The molecule has 0 amide bonds. The number of rotatable bonds is 2. The Morgan fingerprint density at radius 3 is 2.41 bits per heavy atom. The van der Waals surface area contributed by atoms with Crippen LogP contribution in [0.5, 0.6) is 0 Å². The van der Waals surface area contributed by atoms with Crippen molar-refractivity contribution in [3.8, 4) is 11.1 Å². The Morgan fingerprint density at radius 1 is 1.06 bits per heavy atom. The molecule has 0 bridgehead atoms. The summed E-state index contributed by atoms with van der Waals surface area (Å²) >= 11 is 0. The van der Waals surface area contributed by atoms with E-state index in [1.54, 1.807) is 12.1 Å². The molecule has 0 saturated heterocycles. The van der Waals surface area contributed by atoms with Crippen LogP contribution in [0, 0.1) is 0 Å². The molecule has 3 nitrogen and oxygen atoms in total. The van der Waals surface area contributed by atoms with Crippen molar-refractivity contribution in [3.05, 3.63) is 48.0 Å². The van der Waals surface area contributed by atoms with E-state index in [0.717, 1.165) is 11.1 Å². The van der Waals surface area contributed by atoms with Crippen molar-refractivity contribution >= 4 is 17.2 Å². The monoisotopic (exact) mass is 226 g/mol. The first kappa shape index (κ1) is 11.2. The standard InChI is InChI=1S/C14H14N2O/c1-9(17)10-5-6-13(14(16)8-10)11-3-2-4-12(15)7-11/h2-8H,15-16H2,1H3. The van der Waals surface area contributed by atoms with Gasteiger partial charge in [0.1, 0.15) is 0 Å². The third-order valence-corrected chi connectivity index (χ3v) is 2.66. The molecule has 0 spiro atoms. The van der Waals surface area contributed by atoms with E-state index in [-0.39, 0.29) is 5.78 Å². The van der Waals surface area contributed by atoms with Gasteiger partial charge in [-0.3, -0.25) is 4.79 Å². The van der Waals surface area contributed by atoms with Crippen molar-refractivity contribution in [3.63, 3.8) is 0 Å². The van der Waals surface area contributed by atoms with Gasteiger partial charge in [-0.1, -0.05) is 24.3 Å². The van der Waals surface area contributed by atoms with Gasteiger partial charge in [-0.2, -0.15) is 0 Å². The number of hydrogen-bond donors (Lipinski definition) is 2. The fourth-order valence-electron chi connectivity index (χ4n) is 1.75. The zero-order chi connectivity index (χ0) is 12.4. The molecule has 0 fully saturated rings. The molecule has 0 radical (unpaired) electrons. The second kappa shape index (κ2) is 4.29. The first-order valence-electron chi connectivity index (χ1n) is 5.34. The zero-order valence-electron chi connectivity index (χ0n) is 9.60. The van der Waals surface area contributed by atoms with Gasteiger partial charge in [0.05, 0.1) is 0 Å². The summed E-state index contributed by atoms with van der Waals surface area (Å²) in [4.78, 5) is 11.2. The molecule has 0 saturated carbocycles. The molecule has 0 atom stereocenters. The minimum absolute atomic E-state index is 0.0100. The third-order valence-electron chi connectivity index (χ3n) is 2.66. The van der Waals surface area contributed by atoms with Gasteiger partial charge in [-0.05, 0) is 30.7 Å². The number of carbonyl (C=O) groups excluding carboxylic acids is 1. The van der Waals surface area contributed by atoms with E-state index in [0.29, 0.717) is 16.9 Å². The molecular weight excluding hydrogens is 212 g/mol. The number of anilines is 2. The molecular formula is C14H14N2O. The van der Waals surface area contributed by atoms with Crippen molar-refractivity contribution < 1.29 is 4.79 Å². The minimum atomic E-state index is 0.0100. The Balaban J connectivity index is 2.50. The fraction of sp³-hybridized carbons (Fsp3) is 0.0714. The second-order valence-corrected chi connectivity index (χ2v) is 3.98. The Bertz CT molecular complexity index is 576. The van der Waals surface area contributed by atoms with Gasteiger partial charge in [-0.25, -0.2) is 0 Å². The summed E-state index contributed by atoms with van der Waals surface area (Å²) < 4.78 is 0. The molecule has 2 aromatic carbocycles. The average Bonchev–Trinajstić information content (AvgIpc) is 2.28. The second-order valence-electron chi connectivity index (χ2n) is 3.98. The smallest absolute Gasteiger partial charge is 0.159 e. The van der Waals surface area contributed by atoms with Crippen LogP contribution in [0.25, 0.3) is 11.1 Å². The first-order valence-corrected chi connectivity index (χ1v) is 5.34. The lowest BCUT2D eigenvalue weighted by Gasteiger charge is -2.08. The van der Waals surface area contributed by atoms with E-state index in [1.165, 1.54) is 6.92 Å². The van der Waals surface area contributed by atoms with Crippen LogP contribution in [0.4, 0.5) is 11.4 Å². The largest absolute Gasteiger partial charge is 0.399 e. The summed E-state index contributed by atoms with van der Waals surface area (Å²) in [5, 5.41) is 0. The summed E-state index contributed by atoms with van der Waals surface area (Å²) in [6.45, 7) is 1.52. The van der Waals surface area contributed by atoms with Gasteiger partial charge in [-0.15, -0.1) is 0 Å². The molecule has 17 heavy (non-hydrogen) atoms. The highest BCUT2D eigenvalue weighted by Gasteiger charge is 2.06. The maximum atomic E-state index is 11.2. The van der Waals surface area contributed by atoms with E-state index in [4.69, 9.17) is 11.5 Å². The number of benzene rings is 2. The summed E-state index contributed by atoms with van der Waals surface area (Å²) in [7, 11) is 0. The van der Waals surface area contributed by atoms with Crippen LogP contribution in [0.2, 0.25) is 0 Å². The van der Waals surface area contributed by atoms with Gasteiger partial charge < -0.3 is 11.5 Å². The molecule has 0 aliphatic carbocycles. The highest BCUT2D eigenvalue weighted by molar-refractivity contribution is 5.96. The molecule has 3 heteroatoms. The topological polar surface area (TPSA) is 69.1 Å². The Hall–Kier alpha value is -2.29. The number of ketones is 1. The summed E-state index contributed by atoms with van der Waals surface area (Å²) in [5.41, 5.74) is 15.4. The molecule has 86 valence electrons. The number of Topliss-reactive ketones (excluding diaryl/α,β-unsaturated/α-hetero) is 1. The zero-order valence-corrected chi connectivity index (χ0v) is 9.60. The normalized spacial score (nSPS) is 10.2. The van der Waals surface area contributed by atoms with E-state index in [2.05, 4.69) is 0 Å². The number of carbonyl (C=O) groups is 1. The maximum Gasteiger partial charge on any atom is 0.159 e. The van der Waals surface area contributed by atoms with Crippen LogP contribution in [0.3, 0.4) is 0 Å². The van der Waals surface area contributed by atoms with E-state index in [1.807, 2.05) is 30.3 Å². The number of hydrogen-bond acceptors (Lipinski definition) is 3. The number of nitrogens with two attached hydrogens (primary N) is 2. The van der Waals surface area contributed by atoms with Gasteiger partial charge in [0, 0.05) is 22.5 Å². The lowest BCUT2D eigenvalue weighted by Crippen LogP contribution is -1.97. The maximum absolute atomic E-state index is 11.2. The molecule has 4 N–H and O–H groups in total. The minimum Gasteiger partial charge on any atom is -0.399 e. The van der Waals surface area contributed by atoms with Crippen molar-refractivity contribution in [1.82, 2.24) is 0 Å². The van der Waals surface area contributed by atoms with Gasteiger partial charge in [0.15, 0.2) is 5.78 Å². The molecule has 0 aliphatic heterocycles. The summed E-state index contributed by atoms with van der Waals surface area (Å²) in [6.07, 6.45) is 0. The Kier molecular flexibility index (Phi) is 2.83. The fourth-order valence-corrected chi connectivity index (χ4v) is 1.75. The first-order chi connectivity index (χ1) is 8.08. The summed E-state index contributed by atoms with van der Waals surface area (Å²) in [5.74, 6) is 0.0100. The van der Waals surface area contributed by atoms with Crippen molar-refractivity contribution in [2.75, 3.05) is 11.5 Å². The van der Waals surface area contributed by atoms with Crippen LogP contribution in [0.15, 0.2) is 42.5 Å². The highest BCUT2D eigenvalue weighted by atomic mass is 16.1. The molecule has 0 heterocycles. The lowest BCUT2D eigenvalue weighted by molar-refractivity contribution is 0.101. The quantitative estimate of drug-likeness (QED) is 0.611. The van der Waals surface area contributed by atoms with Crippen LogP contribution in [-0.4, -0.2) is 5.78 Å². The van der Waals surface area contributed by atoms with Crippen LogP contribution in [0.1, 0.15) is 17.3 Å². The average molecular weight is 226 g/mol. The molecule has 0 unspecified atom stereocenters. The Morgan fingerprint density at radius 2 is 1.82 bits per heavy atom. The number of nitrogen functional groups attached to an aromatic ring is 2. The van der Waals surface area contributed by atoms with Crippen LogP contribution >= 0.6 is 0 Å². The molecule has 0 aromatic heterocycles. The SMILES string of the molecule is CC(=O)c1ccc(-c2cccc(N)c2)c(N)c1. The predicted octanol–water partition coefficient (Wildman–Crippen LogP) is 2.72. The molecule has 2 aromatic rings. The van der Waals surface area contributed by atoms with Crippen molar-refractivity contribution in [1.29, 1.82) is 0 Å². The van der Waals surface area contributed by atoms with Crippen LogP contribution in [-0.2, 0) is 0 Å². The van der Waals surface area contributed by atoms with Crippen molar-refractivity contribution in [2.24, 2.45) is 0 Å². The van der Waals surface area contributed by atoms with E-state index in [9.17, 15) is 4.79 Å². The summed E-state index contributed by atoms with van der Waals surface area (Å²) in [6, 6.07) is 12.8. The third kappa shape index (κ3) is 2.28. The molecule has 0 aliphatic rings. The van der Waals surface area contributed by atoms with Gasteiger partial charge in [0.25, 0.3) is 0 Å². The van der Waals surface area contributed by atoms with Gasteiger partial charge >= 0.3 is 0 Å². The predicted molar refractivity (Wildman–Crippen MR) is 70.7 cm³/mol. The lowest BCUT2D eigenvalue weighted by atomic mass is 10.0. The highest BCUT2D eigenvalue weighted by Crippen LogP contribution is 2.28. The van der Waals surface area contributed by atoms with Crippen molar-refractivity contribution in [2.45, 2.75) is 6.92 Å². The van der Waals surface area contributed by atoms with Crippen LogP contribution < -0.4 is 11.5 Å².